The first-order valence-electron chi connectivity index (χ1n) is 8.37. The number of anilines is 2. The van der Waals surface area contributed by atoms with E-state index in [1.165, 1.54) is 0 Å². The zero-order valence-corrected chi connectivity index (χ0v) is 15.0. The van der Waals surface area contributed by atoms with E-state index < -0.39 is 6.04 Å². The van der Waals surface area contributed by atoms with Crippen LogP contribution in [0.1, 0.15) is 18.5 Å². The molecule has 1 aliphatic heterocycles. The third kappa shape index (κ3) is 3.69. The van der Waals surface area contributed by atoms with E-state index in [4.69, 9.17) is 0 Å². The number of nitrogens with one attached hydrogen (secondary N) is 3. The van der Waals surface area contributed by atoms with Crippen LogP contribution in [0.3, 0.4) is 0 Å². The number of carbonyl (C=O) groups is 2. The summed E-state index contributed by atoms with van der Waals surface area (Å²) in [5.41, 5.74) is 3.64. The number of carbonyl (C=O) groups excluding carboxylic acids is 2. The van der Waals surface area contributed by atoms with E-state index >= 15 is 0 Å². The largest absolute Gasteiger partial charge is 0.378 e. The molecule has 6 nitrogen and oxygen atoms in total. The number of hydrogen-bond acceptors (Lipinski definition) is 3. The van der Waals surface area contributed by atoms with Gasteiger partial charge in [-0.15, -0.1) is 0 Å². The second-order valence-corrected chi connectivity index (χ2v) is 6.38. The molecule has 0 aliphatic carbocycles. The fraction of sp³-hybridized carbons (Fsp3) is 0.200. The van der Waals surface area contributed by atoms with E-state index in [2.05, 4.69) is 16.0 Å². The number of nitrogens with zero attached hydrogens (tertiary/aromatic N) is 1. The highest BCUT2D eigenvalue weighted by atomic mass is 16.2. The summed E-state index contributed by atoms with van der Waals surface area (Å²) in [6.45, 7) is 1.74. The minimum absolute atomic E-state index is 0.247. The topological polar surface area (TPSA) is 73.5 Å². The van der Waals surface area contributed by atoms with Crippen LogP contribution in [0.25, 0.3) is 0 Å². The van der Waals surface area contributed by atoms with Crippen molar-refractivity contribution in [2.24, 2.45) is 0 Å². The first-order valence-corrected chi connectivity index (χ1v) is 8.37. The second kappa shape index (κ2) is 7.31. The Balaban J connectivity index is 1.92. The molecule has 0 radical (unpaired) electrons. The van der Waals surface area contributed by atoms with Gasteiger partial charge in [-0.3, -0.25) is 4.79 Å². The molecule has 6 heteroatoms. The average molecular weight is 350 g/mol. The molecule has 0 fully saturated rings. The van der Waals surface area contributed by atoms with Crippen LogP contribution < -0.4 is 20.9 Å². The molecule has 0 bridgehead atoms. The van der Waals surface area contributed by atoms with Crippen LogP contribution >= 0.6 is 0 Å². The second-order valence-electron chi connectivity index (χ2n) is 6.38. The summed E-state index contributed by atoms with van der Waals surface area (Å²) in [5.74, 6) is -0.247. The average Bonchev–Trinajstić information content (AvgIpc) is 2.61. The Bertz CT molecular complexity index is 842. The Hall–Kier alpha value is -3.28. The molecule has 1 atom stereocenters. The molecule has 0 aromatic heterocycles. The van der Waals surface area contributed by atoms with Crippen molar-refractivity contribution in [1.82, 2.24) is 10.6 Å². The highest BCUT2D eigenvalue weighted by Crippen LogP contribution is 2.29. The fourth-order valence-electron chi connectivity index (χ4n) is 2.93. The standard InChI is InChI=1S/C20H22N4O2/c1-13-17(19(25)22-15-7-5-4-6-8-15)18(23-20(26)21-13)14-9-11-16(12-10-14)24(2)3/h4-12,18H,1-3H3,(H,22,25)(H2,21,23,26)/t18-/m0/s1. The number of allylic oxidation sites excluding steroid dienone is 1. The summed E-state index contributed by atoms with van der Waals surface area (Å²) in [5, 5.41) is 8.42. The van der Waals surface area contributed by atoms with Gasteiger partial charge < -0.3 is 20.9 Å². The van der Waals surface area contributed by atoms with Crippen LogP contribution in [0.2, 0.25) is 0 Å². The number of para-hydroxylation sites is 1. The van der Waals surface area contributed by atoms with Crippen molar-refractivity contribution in [2.45, 2.75) is 13.0 Å². The van der Waals surface area contributed by atoms with Crippen molar-refractivity contribution in [3.8, 4) is 0 Å². The van der Waals surface area contributed by atoms with Gasteiger partial charge in [-0.25, -0.2) is 4.79 Å². The maximum Gasteiger partial charge on any atom is 0.319 e. The third-order valence-electron chi connectivity index (χ3n) is 4.29. The molecule has 0 saturated carbocycles. The van der Waals surface area contributed by atoms with Gasteiger partial charge in [0.25, 0.3) is 5.91 Å². The van der Waals surface area contributed by atoms with Gasteiger partial charge in [0.05, 0.1) is 11.6 Å². The molecule has 3 rings (SSSR count). The lowest BCUT2D eigenvalue weighted by molar-refractivity contribution is -0.113. The van der Waals surface area contributed by atoms with Gasteiger partial charge in [0, 0.05) is 31.2 Å². The van der Waals surface area contributed by atoms with Gasteiger partial charge in [-0.1, -0.05) is 30.3 Å². The predicted molar refractivity (Wildman–Crippen MR) is 103 cm³/mol. The summed E-state index contributed by atoms with van der Waals surface area (Å²) >= 11 is 0. The number of amides is 3. The molecule has 26 heavy (non-hydrogen) atoms. The van der Waals surface area contributed by atoms with Crippen LogP contribution in [0.4, 0.5) is 16.2 Å². The zero-order valence-electron chi connectivity index (χ0n) is 15.0. The van der Waals surface area contributed by atoms with E-state index in [1.54, 1.807) is 6.92 Å². The number of rotatable bonds is 4. The number of urea groups is 1. The first-order chi connectivity index (χ1) is 12.5. The van der Waals surface area contributed by atoms with Crippen molar-refractivity contribution in [3.63, 3.8) is 0 Å². The minimum Gasteiger partial charge on any atom is -0.378 e. The van der Waals surface area contributed by atoms with E-state index in [9.17, 15) is 9.59 Å². The van der Waals surface area contributed by atoms with Crippen LogP contribution in [0, 0.1) is 0 Å². The van der Waals surface area contributed by atoms with Crippen molar-refractivity contribution in [1.29, 1.82) is 0 Å². The smallest absolute Gasteiger partial charge is 0.319 e. The summed E-state index contributed by atoms with van der Waals surface area (Å²) in [6, 6.07) is 16.2. The third-order valence-corrected chi connectivity index (χ3v) is 4.29. The molecule has 0 spiro atoms. The number of hydrogen-bond donors (Lipinski definition) is 3. The molecule has 1 aliphatic rings. The molecule has 3 N–H and O–H groups in total. The maximum atomic E-state index is 12.9. The van der Waals surface area contributed by atoms with Crippen LogP contribution in [-0.4, -0.2) is 26.0 Å². The predicted octanol–water partition coefficient (Wildman–Crippen LogP) is 3.02. The Labute approximate surface area is 152 Å². The lowest BCUT2D eigenvalue weighted by Crippen LogP contribution is -2.45. The van der Waals surface area contributed by atoms with Crippen LogP contribution in [0.15, 0.2) is 65.9 Å². The van der Waals surface area contributed by atoms with Gasteiger partial charge in [-0.05, 0) is 36.8 Å². The first kappa shape index (κ1) is 17.5. The molecule has 1 heterocycles. The Morgan fingerprint density at radius 1 is 1.04 bits per heavy atom. The van der Waals surface area contributed by atoms with Gasteiger partial charge >= 0.3 is 6.03 Å². The van der Waals surface area contributed by atoms with E-state index in [1.807, 2.05) is 73.6 Å². The highest BCUT2D eigenvalue weighted by molar-refractivity contribution is 6.06. The lowest BCUT2D eigenvalue weighted by atomic mass is 9.94. The Morgan fingerprint density at radius 3 is 2.31 bits per heavy atom. The van der Waals surface area contributed by atoms with Gasteiger partial charge in [-0.2, -0.15) is 0 Å². The molecule has 2 aromatic rings. The maximum absolute atomic E-state index is 12.9. The van der Waals surface area contributed by atoms with Crippen LogP contribution in [-0.2, 0) is 4.79 Å². The molecule has 2 aromatic carbocycles. The Kier molecular flexibility index (Phi) is 4.93. The summed E-state index contributed by atoms with van der Waals surface area (Å²) in [6.07, 6.45) is 0. The fourth-order valence-corrected chi connectivity index (χ4v) is 2.93. The van der Waals surface area contributed by atoms with E-state index in [0.29, 0.717) is 17.0 Å². The van der Waals surface area contributed by atoms with Crippen molar-refractivity contribution in [2.75, 3.05) is 24.3 Å². The molecular weight excluding hydrogens is 328 g/mol. The lowest BCUT2D eigenvalue weighted by Gasteiger charge is -2.29. The van der Waals surface area contributed by atoms with E-state index in [0.717, 1.165) is 11.3 Å². The van der Waals surface area contributed by atoms with Gasteiger partial charge in [0.2, 0.25) is 0 Å². The van der Waals surface area contributed by atoms with Gasteiger partial charge in [0.1, 0.15) is 0 Å². The quantitative estimate of drug-likeness (QED) is 0.794. The van der Waals surface area contributed by atoms with Crippen LogP contribution in [0.5, 0.6) is 0 Å². The molecule has 0 saturated heterocycles. The SMILES string of the molecule is CC1=C(C(=O)Nc2ccccc2)[C@H](c2ccc(N(C)C)cc2)NC(=O)N1. The monoisotopic (exact) mass is 350 g/mol. The molecular formula is C20H22N4O2. The summed E-state index contributed by atoms with van der Waals surface area (Å²) in [4.78, 5) is 26.8. The summed E-state index contributed by atoms with van der Waals surface area (Å²) in [7, 11) is 3.92. The van der Waals surface area contributed by atoms with Crippen molar-refractivity contribution < 1.29 is 9.59 Å². The van der Waals surface area contributed by atoms with Gasteiger partial charge in [0.15, 0.2) is 0 Å². The number of benzene rings is 2. The molecule has 3 amide bonds. The molecule has 0 unspecified atom stereocenters. The highest BCUT2D eigenvalue weighted by Gasteiger charge is 2.31. The summed E-state index contributed by atoms with van der Waals surface area (Å²) < 4.78 is 0. The van der Waals surface area contributed by atoms with Crippen molar-refractivity contribution in [3.05, 3.63) is 71.4 Å². The van der Waals surface area contributed by atoms with E-state index in [-0.39, 0.29) is 11.9 Å². The minimum atomic E-state index is -0.510. The van der Waals surface area contributed by atoms with Crippen molar-refractivity contribution >= 4 is 23.3 Å². The molecule has 134 valence electrons. The normalized spacial score (nSPS) is 16.6. The zero-order chi connectivity index (χ0) is 18.7. The Morgan fingerprint density at radius 2 is 1.69 bits per heavy atom.